The Morgan fingerprint density at radius 2 is 0.962 bits per heavy atom. The molecule has 0 spiro atoms. The average Bonchev–Trinajstić information content (AvgIpc) is 3.89. The smallest absolute Gasteiger partial charge is 0.235 e. The van der Waals surface area contributed by atoms with Crippen LogP contribution in [0.2, 0.25) is 0 Å². The Hall–Kier alpha value is -7.31. The lowest BCUT2D eigenvalue weighted by molar-refractivity contribution is 1.01. The largest absolute Gasteiger partial charge is 0.295 e. The van der Waals surface area contributed by atoms with E-state index in [-0.39, 0.29) is 0 Å². The Labute approximate surface area is 302 Å². The molecule has 0 fully saturated rings. The summed E-state index contributed by atoms with van der Waals surface area (Å²) in [4.78, 5) is 16.0. The quantitative estimate of drug-likeness (QED) is 0.187. The first kappa shape index (κ1) is 28.4. The zero-order valence-electron chi connectivity index (χ0n) is 28.3. The Balaban J connectivity index is 1.32. The van der Waals surface area contributed by atoms with Crippen LogP contribution in [0.25, 0.3) is 105 Å². The van der Waals surface area contributed by atoms with Crippen molar-refractivity contribution in [2.75, 3.05) is 0 Å². The third-order valence-electron chi connectivity index (χ3n) is 10.8. The Morgan fingerprint density at radius 3 is 1.74 bits per heavy atom. The molecule has 0 aliphatic carbocycles. The molecule has 6 heteroatoms. The average molecular weight is 677 g/mol. The highest BCUT2D eigenvalue weighted by atomic mass is 15.2. The SMILES string of the molecule is c1ccc(-c2nc(-n3c4ccccc4c4c5c(ccc43)c3nc4ccccc4n3c3c5c4ccccc4n3-c3ccccc3)nc3ccccc23)cc1. The summed E-state index contributed by atoms with van der Waals surface area (Å²) in [6.45, 7) is 0. The zero-order chi connectivity index (χ0) is 34.6. The molecule has 12 aromatic rings. The van der Waals surface area contributed by atoms with E-state index in [9.17, 15) is 0 Å². The highest BCUT2D eigenvalue weighted by Crippen LogP contribution is 2.45. The fourth-order valence-corrected chi connectivity index (χ4v) is 8.65. The van der Waals surface area contributed by atoms with Crippen LogP contribution in [0.5, 0.6) is 0 Å². The van der Waals surface area contributed by atoms with Crippen LogP contribution in [0.3, 0.4) is 0 Å². The summed E-state index contributed by atoms with van der Waals surface area (Å²) in [6, 6.07) is 59.8. The number of fused-ring (bicyclic) bond motifs is 15. The minimum atomic E-state index is 0.642. The number of benzene rings is 7. The molecule has 0 N–H and O–H groups in total. The summed E-state index contributed by atoms with van der Waals surface area (Å²) in [5, 5.41) is 7.98. The van der Waals surface area contributed by atoms with Gasteiger partial charge in [0.15, 0.2) is 0 Å². The molecule has 12 rings (SSSR count). The molecule has 5 heterocycles. The Morgan fingerprint density at radius 1 is 0.358 bits per heavy atom. The van der Waals surface area contributed by atoms with Crippen molar-refractivity contribution in [3.05, 3.63) is 170 Å². The summed E-state index contributed by atoms with van der Waals surface area (Å²) in [7, 11) is 0. The summed E-state index contributed by atoms with van der Waals surface area (Å²) in [5.41, 5.74) is 11.3. The van der Waals surface area contributed by atoms with Crippen molar-refractivity contribution in [3.63, 3.8) is 0 Å². The fourth-order valence-electron chi connectivity index (χ4n) is 8.65. The van der Waals surface area contributed by atoms with E-state index in [0.29, 0.717) is 5.95 Å². The molecule has 53 heavy (non-hydrogen) atoms. The minimum absolute atomic E-state index is 0.642. The van der Waals surface area contributed by atoms with Crippen LogP contribution in [-0.2, 0) is 0 Å². The number of aromatic nitrogens is 6. The van der Waals surface area contributed by atoms with Crippen LogP contribution in [0.4, 0.5) is 0 Å². The van der Waals surface area contributed by atoms with Gasteiger partial charge in [-0.25, -0.2) is 15.0 Å². The first-order valence-corrected chi connectivity index (χ1v) is 17.9. The summed E-state index contributed by atoms with van der Waals surface area (Å²) >= 11 is 0. The van der Waals surface area contributed by atoms with Gasteiger partial charge in [-0.15, -0.1) is 0 Å². The van der Waals surface area contributed by atoms with E-state index in [1.165, 1.54) is 16.2 Å². The molecule has 0 amide bonds. The topological polar surface area (TPSA) is 52.9 Å². The van der Waals surface area contributed by atoms with Gasteiger partial charge < -0.3 is 0 Å². The summed E-state index contributed by atoms with van der Waals surface area (Å²) in [5.74, 6) is 0.642. The van der Waals surface area contributed by atoms with Crippen molar-refractivity contribution in [2.45, 2.75) is 0 Å². The molecule has 0 bridgehead atoms. The van der Waals surface area contributed by atoms with Crippen LogP contribution in [0, 0.1) is 0 Å². The van der Waals surface area contributed by atoms with Gasteiger partial charge in [-0.1, -0.05) is 115 Å². The van der Waals surface area contributed by atoms with Gasteiger partial charge in [-0.2, -0.15) is 0 Å². The van der Waals surface area contributed by atoms with Gasteiger partial charge >= 0.3 is 0 Å². The number of nitrogens with zero attached hydrogens (tertiary/aromatic N) is 6. The van der Waals surface area contributed by atoms with Crippen LogP contribution < -0.4 is 0 Å². The van der Waals surface area contributed by atoms with Gasteiger partial charge in [0.25, 0.3) is 0 Å². The zero-order valence-corrected chi connectivity index (χ0v) is 28.3. The molecule has 0 unspecified atom stereocenters. The molecule has 0 radical (unpaired) electrons. The molecule has 0 aliphatic heterocycles. The van der Waals surface area contributed by atoms with E-state index < -0.39 is 0 Å². The lowest BCUT2D eigenvalue weighted by atomic mass is 10.0. The van der Waals surface area contributed by atoms with Crippen molar-refractivity contribution in [1.82, 2.24) is 28.5 Å². The van der Waals surface area contributed by atoms with Crippen LogP contribution in [0.1, 0.15) is 0 Å². The van der Waals surface area contributed by atoms with Crippen molar-refractivity contribution in [3.8, 4) is 22.9 Å². The number of rotatable bonds is 3. The van der Waals surface area contributed by atoms with Crippen molar-refractivity contribution < 1.29 is 0 Å². The number of para-hydroxylation sites is 6. The van der Waals surface area contributed by atoms with Crippen LogP contribution >= 0.6 is 0 Å². The molecule has 7 aromatic carbocycles. The molecule has 0 aliphatic rings. The maximum atomic E-state index is 5.36. The monoisotopic (exact) mass is 676 g/mol. The number of pyridine rings is 1. The lowest BCUT2D eigenvalue weighted by Crippen LogP contribution is -2.03. The highest BCUT2D eigenvalue weighted by molar-refractivity contribution is 6.34. The van der Waals surface area contributed by atoms with Crippen molar-refractivity contribution in [2.24, 2.45) is 0 Å². The standard InChI is InChI=1S/C47H28N6/c1-3-15-29(16-4-1)44-31-19-7-10-22-35(31)49-47(50-44)52-38-25-13-8-20-32(38)41-40(52)28-27-34-42(41)43-33-21-9-12-24-37(33)51(30-17-5-2-6-18-30)46(43)53-39-26-14-11-23-36(39)48-45(34)53/h1-28H. The minimum Gasteiger partial charge on any atom is -0.295 e. The van der Waals surface area contributed by atoms with Gasteiger partial charge in [0.2, 0.25) is 5.95 Å². The molecule has 6 nitrogen and oxygen atoms in total. The van der Waals surface area contributed by atoms with E-state index in [4.69, 9.17) is 15.0 Å². The van der Waals surface area contributed by atoms with Gasteiger partial charge in [0.05, 0.1) is 38.8 Å². The second-order valence-corrected chi connectivity index (χ2v) is 13.6. The number of hydrogen-bond donors (Lipinski definition) is 0. The maximum absolute atomic E-state index is 5.36. The van der Waals surface area contributed by atoms with Gasteiger partial charge in [-0.3, -0.25) is 13.5 Å². The molecule has 0 saturated carbocycles. The van der Waals surface area contributed by atoms with Gasteiger partial charge in [-0.05, 0) is 54.6 Å². The predicted octanol–water partition coefficient (Wildman–Crippen LogP) is 11.4. The summed E-state index contributed by atoms with van der Waals surface area (Å²) < 4.78 is 7.02. The van der Waals surface area contributed by atoms with Crippen LogP contribution in [-0.4, -0.2) is 28.5 Å². The maximum Gasteiger partial charge on any atom is 0.235 e. The van der Waals surface area contributed by atoms with Gasteiger partial charge in [0, 0.05) is 49.0 Å². The summed E-state index contributed by atoms with van der Waals surface area (Å²) in [6.07, 6.45) is 0. The third kappa shape index (κ3) is 3.84. The second kappa shape index (κ2) is 10.6. The van der Waals surface area contributed by atoms with E-state index >= 15 is 0 Å². The number of imidazole rings is 1. The lowest BCUT2D eigenvalue weighted by Gasteiger charge is -2.13. The molecular weight excluding hydrogens is 649 g/mol. The van der Waals surface area contributed by atoms with Gasteiger partial charge in [0.1, 0.15) is 11.3 Å². The normalized spacial score (nSPS) is 12.2. The van der Waals surface area contributed by atoms with Crippen molar-refractivity contribution >= 4 is 82.1 Å². The van der Waals surface area contributed by atoms with E-state index in [1.54, 1.807) is 0 Å². The first-order chi connectivity index (χ1) is 26.3. The van der Waals surface area contributed by atoms with E-state index in [2.05, 4.69) is 171 Å². The molecule has 0 atom stereocenters. The Kier molecular flexibility index (Phi) is 5.68. The van der Waals surface area contributed by atoms with E-state index in [0.717, 1.165) is 82.9 Å². The van der Waals surface area contributed by atoms with E-state index in [1.807, 2.05) is 12.1 Å². The fraction of sp³-hybridized carbons (Fsp3) is 0. The molecular formula is C47H28N6. The van der Waals surface area contributed by atoms with Crippen molar-refractivity contribution in [1.29, 1.82) is 0 Å². The number of hydrogen-bond acceptors (Lipinski definition) is 3. The first-order valence-electron chi connectivity index (χ1n) is 17.9. The predicted molar refractivity (Wildman–Crippen MR) is 217 cm³/mol. The highest BCUT2D eigenvalue weighted by Gasteiger charge is 2.26. The molecule has 0 saturated heterocycles. The van der Waals surface area contributed by atoms with Crippen LogP contribution in [0.15, 0.2) is 170 Å². The molecule has 246 valence electrons. The molecule has 5 aromatic heterocycles. The third-order valence-corrected chi connectivity index (χ3v) is 10.8. The second-order valence-electron chi connectivity index (χ2n) is 13.6. The Bertz CT molecular complexity index is 3450.